The summed E-state index contributed by atoms with van der Waals surface area (Å²) in [6, 6.07) is 63.2. The second-order valence-corrected chi connectivity index (χ2v) is 15.4. The molecule has 2 aromatic heterocycles. The molecule has 0 saturated carbocycles. The molecule has 0 spiro atoms. The molecule has 0 radical (unpaired) electrons. The number of fused-ring (bicyclic) bond motifs is 13. The van der Waals surface area contributed by atoms with Gasteiger partial charge in [-0.05, 0) is 121 Å². The summed E-state index contributed by atoms with van der Waals surface area (Å²) in [6.45, 7) is 2.31. The number of nitrogens with zero attached hydrogens (tertiary/aromatic N) is 2. The maximum absolute atomic E-state index is 2.47. The molecule has 0 bridgehead atoms. The van der Waals surface area contributed by atoms with E-state index in [-0.39, 0.29) is 0 Å². The lowest BCUT2D eigenvalue weighted by atomic mass is 9.93. The van der Waals surface area contributed by atoms with Gasteiger partial charge in [-0.25, -0.2) is 0 Å². The Morgan fingerprint density at radius 3 is 1.75 bits per heavy atom. The molecule has 1 atom stereocenters. The summed E-state index contributed by atoms with van der Waals surface area (Å²) in [6.07, 6.45) is 5.93. The summed E-state index contributed by atoms with van der Waals surface area (Å²) in [7, 11) is 0. The fourth-order valence-electron chi connectivity index (χ4n) is 9.58. The van der Waals surface area contributed by atoms with Crippen LogP contribution in [-0.4, -0.2) is 9.13 Å². The number of para-hydroxylation sites is 1. The van der Waals surface area contributed by atoms with E-state index in [1.54, 1.807) is 0 Å². The largest absolute Gasteiger partial charge is 0.310 e. The van der Waals surface area contributed by atoms with Crippen molar-refractivity contribution in [2.24, 2.45) is 5.92 Å². The highest BCUT2D eigenvalue weighted by atomic mass is 15.0. The Bertz CT molecular complexity index is 3520. The van der Waals surface area contributed by atoms with Gasteiger partial charge in [0.15, 0.2) is 0 Å². The molecule has 12 rings (SSSR count). The summed E-state index contributed by atoms with van der Waals surface area (Å²) in [5.74, 6) is 0.548. The average molecular weight is 701 g/mol. The lowest BCUT2D eigenvalue weighted by molar-refractivity contribution is 0.795. The van der Waals surface area contributed by atoms with E-state index in [1.165, 1.54) is 109 Å². The van der Waals surface area contributed by atoms with Crippen molar-refractivity contribution in [3.8, 4) is 22.5 Å². The summed E-state index contributed by atoms with van der Waals surface area (Å²) >= 11 is 0. The molecule has 2 heterocycles. The van der Waals surface area contributed by atoms with Crippen molar-refractivity contribution in [2.45, 2.75) is 13.3 Å². The van der Waals surface area contributed by atoms with Crippen molar-refractivity contribution in [2.75, 3.05) is 0 Å². The van der Waals surface area contributed by atoms with Gasteiger partial charge in [-0.3, -0.25) is 0 Å². The fraction of sp³-hybridized carbons (Fsp3) is 0.0566. The third kappa shape index (κ3) is 4.49. The van der Waals surface area contributed by atoms with E-state index in [0.29, 0.717) is 5.92 Å². The fourth-order valence-corrected chi connectivity index (χ4v) is 9.58. The van der Waals surface area contributed by atoms with Crippen LogP contribution in [0.15, 0.2) is 170 Å². The number of hydrogen-bond acceptors (Lipinski definition) is 0. The van der Waals surface area contributed by atoms with E-state index in [4.69, 9.17) is 0 Å². The Hall–Kier alpha value is -6.90. The van der Waals surface area contributed by atoms with E-state index < -0.39 is 0 Å². The Balaban J connectivity index is 1.10. The molecule has 9 aromatic carbocycles. The summed E-state index contributed by atoms with van der Waals surface area (Å²) < 4.78 is 4.92. The number of hydrogen-bond donors (Lipinski definition) is 0. The minimum absolute atomic E-state index is 0.548. The monoisotopic (exact) mass is 700 g/mol. The molecule has 0 saturated heterocycles. The van der Waals surface area contributed by atoms with Crippen molar-refractivity contribution < 1.29 is 0 Å². The minimum atomic E-state index is 0.548. The third-order valence-electron chi connectivity index (χ3n) is 12.2. The predicted octanol–water partition coefficient (Wildman–Crippen LogP) is 12.6. The van der Waals surface area contributed by atoms with Crippen LogP contribution < -0.4 is 10.6 Å². The first-order valence-electron chi connectivity index (χ1n) is 19.4. The van der Waals surface area contributed by atoms with Crippen LogP contribution >= 0.6 is 0 Å². The van der Waals surface area contributed by atoms with Crippen molar-refractivity contribution in [1.82, 2.24) is 9.13 Å². The van der Waals surface area contributed by atoms with Crippen LogP contribution in [0.1, 0.15) is 13.3 Å². The van der Waals surface area contributed by atoms with E-state index >= 15 is 0 Å². The first kappa shape index (κ1) is 30.6. The predicted molar refractivity (Wildman–Crippen MR) is 235 cm³/mol. The van der Waals surface area contributed by atoms with E-state index in [2.05, 4.69) is 198 Å². The standard InChI is InChI=1S/C53H36N2/c1-33-18-26-51-47(28-33)44-16-8-9-17-50(44)54(51)38-23-19-35(20-24-38)37-22-27-52-48(30-37)49-31-45-42-14-6-4-12-40(42)41-13-5-7-15-43(41)46(45)32-53(49)55(52)39-25-21-34-10-2-3-11-36(34)29-39/h2-17,19-33H,18H2,1H3. The molecule has 0 amide bonds. The molecule has 1 unspecified atom stereocenters. The van der Waals surface area contributed by atoms with Gasteiger partial charge in [0.25, 0.3) is 0 Å². The highest BCUT2D eigenvalue weighted by Gasteiger charge is 2.18. The zero-order chi connectivity index (χ0) is 36.2. The van der Waals surface area contributed by atoms with Gasteiger partial charge >= 0.3 is 0 Å². The summed E-state index contributed by atoms with van der Waals surface area (Å²) in [5.41, 5.74) is 8.48. The van der Waals surface area contributed by atoms with Crippen LogP contribution in [0.4, 0.5) is 0 Å². The smallest absolute Gasteiger partial charge is 0.0547 e. The van der Waals surface area contributed by atoms with Gasteiger partial charge in [-0.1, -0.05) is 134 Å². The quantitative estimate of drug-likeness (QED) is 0.162. The van der Waals surface area contributed by atoms with E-state index in [1.807, 2.05) is 0 Å². The molecule has 1 aliphatic rings. The van der Waals surface area contributed by atoms with Gasteiger partial charge in [0.05, 0.1) is 16.6 Å². The van der Waals surface area contributed by atoms with Gasteiger partial charge in [-0.15, -0.1) is 0 Å². The first-order valence-corrected chi connectivity index (χ1v) is 19.4. The molecule has 11 aromatic rings. The number of benzene rings is 9. The molecule has 1 aliphatic carbocycles. The first-order chi connectivity index (χ1) is 27.2. The van der Waals surface area contributed by atoms with Crippen molar-refractivity contribution in [1.29, 1.82) is 0 Å². The van der Waals surface area contributed by atoms with Gasteiger partial charge in [0.2, 0.25) is 0 Å². The second kappa shape index (κ2) is 11.5. The SMILES string of the molecule is CC1C=c2c(n(-c3ccc(-c4ccc5c(c4)c4cc6c7ccccc7c7ccccc7c6cc4n5-c4ccc5ccccc5c4)cc3)c3ccccc23)=CC1. The molecule has 0 fully saturated rings. The van der Waals surface area contributed by atoms with Crippen molar-refractivity contribution >= 4 is 88.0 Å². The van der Waals surface area contributed by atoms with Gasteiger partial charge in [-0.2, -0.15) is 0 Å². The van der Waals surface area contributed by atoms with Gasteiger partial charge in [0.1, 0.15) is 0 Å². The topological polar surface area (TPSA) is 9.86 Å². The maximum atomic E-state index is 2.47. The molecule has 55 heavy (non-hydrogen) atoms. The summed E-state index contributed by atoms with van der Waals surface area (Å²) in [4.78, 5) is 0. The minimum Gasteiger partial charge on any atom is -0.310 e. The van der Waals surface area contributed by atoms with Crippen LogP contribution in [0.25, 0.3) is 110 Å². The third-order valence-corrected chi connectivity index (χ3v) is 12.2. The molecular formula is C53H36N2. The normalized spacial score (nSPS) is 14.3. The average Bonchev–Trinajstić information content (AvgIpc) is 3.74. The Morgan fingerprint density at radius 2 is 0.982 bits per heavy atom. The second-order valence-electron chi connectivity index (χ2n) is 15.4. The molecule has 258 valence electrons. The van der Waals surface area contributed by atoms with Crippen LogP contribution in [0.5, 0.6) is 0 Å². The Labute approximate surface area is 318 Å². The van der Waals surface area contributed by atoms with Crippen molar-refractivity contribution in [3.05, 3.63) is 180 Å². The zero-order valence-corrected chi connectivity index (χ0v) is 30.5. The molecule has 2 nitrogen and oxygen atoms in total. The Kier molecular flexibility index (Phi) is 6.41. The Morgan fingerprint density at radius 1 is 0.400 bits per heavy atom. The molecule has 2 heteroatoms. The number of rotatable bonds is 3. The highest BCUT2D eigenvalue weighted by Crippen LogP contribution is 2.42. The van der Waals surface area contributed by atoms with Crippen LogP contribution in [-0.2, 0) is 0 Å². The maximum Gasteiger partial charge on any atom is 0.0547 e. The van der Waals surface area contributed by atoms with Crippen LogP contribution in [0.2, 0.25) is 0 Å². The molecular weight excluding hydrogens is 665 g/mol. The molecule has 0 N–H and O–H groups in total. The van der Waals surface area contributed by atoms with Gasteiger partial charge < -0.3 is 9.13 Å². The van der Waals surface area contributed by atoms with Crippen LogP contribution in [0, 0.1) is 5.92 Å². The highest BCUT2D eigenvalue weighted by molar-refractivity contribution is 6.29. The summed E-state index contributed by atoms with van der Waals surface area (Å²) in [5, 5.41) is 16.8. The number of aromatic nitrogens is 2. The van der Waals surface area contributed by atoms with Gasteiger partial charge in [0, 0.05) is 38.1 Å². The van der Waals surface area contributed by atoms with E-state index in [9.17, 15) is 0 Å². The van der Waals surface area contributed by atoms with Crippen LogP contribution in [0.3, 0.4) is 0 Å². The zero-order valence-electron chi connectivity index (χ0n) is 30.5. The van der Waals surface area contributed by atoms with E-state index in [0.717, 1.165) is 6.42 Å². The molecule has 0 aliphatic heterocycles. The lowest BCUT2D eigenvalue weighted by Crippen LogP contribution is -2.31. The lowest BCUT2D eigenvalue weighted by Gasteiger charge is -2.13. The van der Waals surface area contributed by atoms with Crippen molar-refractivity contribution in [3.63, 3.8) is 0 Å².